The number of halogens is 1. The molecule has 0 N–H and O–H groups in total. The van der Waals surface area contributed by atoms with Crippen LogP contribution in [0.2, 0.25) is 0 Å². The van der Waals surface area contributed by atoms with Crippen molar-refractivity contribution in [2.75, 3.05) is 0 Å². The van der Waals surface area contributed by atoms with E-state index < -0.39 is 0 Å². The summed E-state index contributed by atoms with van der Waals surface area (Å²) in [5.74, 6) is 0. The molecule has 0 fully saturated rings. The molecule has 49 heavy (non-hydrogen) atoms. The van der Waals surface area contributed by atoms with Gasteiger partial charge in [0.1, 0.15) is 0 Å². The van der Waals surface area contributed by atoms with E-state index in [0.29, 0.717) is 0 Å². The maximum atomic E-state index is 4.22. The lowest BCUT2D eigenvalue weighted by atomic mass is 9.86. The largest absolute Gasteiger partial charge is 0.308 e. The van der Waals surface area contributed by atoms with Gasteiger partial charge in [-0.05, 0) is 120 Å². The van der Waals surface area contributed by atoms with Crippen LogP contribution in [0.1, 0.15) is 52.7 Å². The van der Waals surface area contributed by atoms with Crippen molar-refractivity contribution in [3.8, 4) is 11.4 Å². The fraction of sp³-hybridized carbons (Fsp3) is 0.174. The Kier molecular flexibility index (Phi) is 6.52. The van der Waals surface area contributed by atoms with Crippen molar-refractivity contribution < 1.29 is 0 Å². The highest BCUT2D eigenvalue weighted by Gasteiger charge is 2.23. The Morgan fingerprint density at radius 2 is 0.755 bits per heavy atom. The lowest BCUT2D eigenvalue weighted by Gasteiger charge is -2.20. The molecular formula is C46H39BrN2. The van der Waals surface area contributed by atoms with E-state index in [1.807, 2.05) is 0 Å². The maximum Gasteiger partial charge on any atom is 0.0656 e. The van der Waals surface area contributed by atoms with Gasteiger partial charge in [0, 0.05) is 21.5 Å². The molecule has 2 aromatic heterocycles. The molecular weight excluding hydrogens is 660 g/mol. The Labute approximate surface area is 295 Å². The summed E-state index contributed by atoms with van der Waals surface area (Å²) < 4.78 is 5.98. The molecule has 0 bridgehead atoms. The molecule has 9 aromatic rings. The Balaban J connectivity index is 1.37. The SMILES string of the molecule is CC(C)(C)c1ccc2c(c1)c1cc3ccccc3cc1n2-c1cccc(-n2c3ccc(C(C)(C)C)cc3c3cc4ccccc4cc32)c1Br. The predicted molar refractivity (Wildman–Crippen MR) is 215 cm³/mol. The second-order valence-corrected chi connectivity index (χ2v) is 16.5. The molecule has 0 aliphatic rings. The molecule has 2 heterocycles. The zero-order valence-electron chi connectivity index (χ0n) is 28.9. The van der Waals surface area contributed by atoms with Gasteiger partial charge in [-0.25, -0.2) is 0 Å². The van der Waals surface area contributed by atoms with Crippen LogP contribution < -0.4 is 0 Å². The summed E-state index contributed by atoms with van der Waals surface area (Å²) in [6, 6.07) is 47.7. The first-order valence-electron chi connectivity index (χ1n) is 17.2. The van der Waals surface area contributed by atoms with E-state index in [2.05, 4.69) is 194 Å². The Bertz CT molecular complexity index is 2610. The van der Waals surface area contributed by atoms with Crippen molar-refractivity contribution in [2.24, 2.45) is 0 Å². The van der Waals surface area contributed by atoms with Gasteiger partial charge in [-0.1, -0.05) is 108 Å². The summed E-state index contributed by atoms with van der Waals surface area (Å²) in [6.07, 6.45) is 0. The summed E-state index contributed by atoms with van der Waals surface area (Å²) >= 11 is 4.22. The summed E-state index contributed by atoms with van der Waals surface area (Å²) in [6.45, 7) is 13.8. The van der Waals surface area contributed by atoms with Crippen molar-refractivity contribution >= 4 is 81.1 Å². The van der Waals surface area contributed by atoms with Crippen LogP contribution >= 0.6 is 15.9 Å². The molecule has 0 unspecified atom stereocenters. The van der Waals surface area contributed by atoms with Gasteiger partial charge in [-0.3, -0.25) is 0 Å². The van der Waals surface area contributed by atoms with Crippen LogP contribution in [0, 0.1) is 0 Å². The van der Waals surface area contributed by atoms with Crippen LogP contribution in [0.5, 0.6) is 0 Å². The van der Waals surface area contributed by atoms with Crippen molar-refractivity contribution in [3.05, 3.63) is 143 Å². The van der Waals surface area contributed by atoms with Gasteiger partial charge >= 0.3 is 0 Å². The molecule has 0 saturated heterocycles. The van der Waals surface area contributed by atoms with Crippen molar-refractivity contribution in [1.29, 1.82) is 0 Å². The molecule has 0 aliphatic heterocycles. The fourth-order valence-electron chi connectivity index (χ4n) is 7.72. The Hall–Kier alpha value is -4.86. The van der Waals surface area contributed by atoms with Gasteiger partial charge < -0.3 is 9.13 Å². The van der Waals surface area contributed by atoms with Crippen molar-refractivity contribution in [2.45, 2.75) is 52.4 Å². The first kappa shape index (κ1) is 30.2. The highest BCUT2D eigenvalue weighted by atomic mass is 79.9. The van der Waals surface area contributed by atoms with Gasteiger partial charge in [0.05, 0.1) is 37.9 Å². The topological polar surface area (TPSA) is 9.86 Å². The highest BCUT2D eigenvalue weighted by Crippen LogP contribution is 2.43. The number of benzene rings is 7. The third kappa shape index (κ3) is 4.66. The van der Waals surface area contributed by atoms with E-state index >= 15 is 0 Å². The summed E-state index contributed by atoms with van der Waals surface area (Å²) in [7, 11) is 0. The molecule has 9 rings (SSSR count). The monoisotopic (exact) mass is 698 g/mol. The molecule has 7 aromatic carbocycles. The average Bonchev–Trinajstić information content (AvgIpc) is 3.56. The third-order valence-electron chi connectivity index (χ3n) is 10.4. The summed E-state index contributed by atoms with van der Waals surface area (Å²) in [4.78, 5) is 0. The lowest BCUT2D eigenvalue weighted by Crippen LogP contribution is -2.10. The molecule has 240 valence electrons. The van der Waals surface area contributed by atoms with E-state index in [0.717, 1.165) is 15.8 Å². The van der Waals surface area contributed by atoms with Crippen LogP contribution in [0.15, 0.2) is 132 Å². The number of hydrogen-bond acceptors (Lipinski definition) is 0. The molecule has 3 heteroatoms. The molecule has 0 spiro atoms. The first-order chi connectivity index (χ1) is 23.5. The fourth-order valence-corrected chi connectivity index (χ4v) is 8.34. The molecule has 0 saturated carbocycles. The second-order valence-electron chi connectivity index (χ2n) is 15.7. The van der Waals surface area contributed by atoms with Crippen LogP contribution in [0.4, 0.5) is 0 Å². The van der Waals surface area contributed by atoms with Gasteiger partial charge in [-0.15, -0.1) is 0 Å². The van der Waals surface area contributed by atoms with Crippen molar-refractivity contribution in [1.82, 2.24) is 9.13 Å². The minimum absolute atomic E-state index is 0.0491. The summed E-state index contributed by atoms with van der Waals surface area (Å²) in [5, 5.41) is 10.1. The number of rotatable bonds is 2. The molecule has 2 nitrogen and oxygen atoms in total. The van der Waals surface area contributed by atoms with Crippen LogP contribution in [-0.2, 0) is 10.8 Å². The summed E-state index contributed by atoms with van der Waals surface area (Å²) in [5.41, 5.74) is 9.86. The zero-order chi connectivity index (χ0) is 33.8. The second kappa shape index (κ2) is 10.6. The lowest BCUT2D eigenvalue weighted by molar-refractivity contribution is 0.591. The number of aromatic nitrogens is 2. The Morgan fingerprint density at radius 3 is 1.14 bits per heavy atom. The quantitative estimate of drug-likeness (QED) is 0.170. The van der Waals surface area contributed by atoms with E-state index in [9.17, 15) is 0 Å². The van der Waals surface area contributed by atoms with Gasteiger partial charge in [0.2, 0.25) is 0 Å². The molecule has 0 amide bonds. The van der Waals surface area contributed by atoms with E-state index in [1.165, 1.54) is 76.3 Å². The molecule has 0 radical (unpaired) electrons. The molecule has 0 atom stereocenters. The zero-order valence-corrected chi connectivity index (χ0v) is 30.5. The van der Waals surface area contributed by atoms with Gasteiger partial charge in [0.15, 0.2) is 0 Å². The number of hydrogen-bond donors (Lipinski definition) is 0. The predicted octanol–water partition coefficient (Wildman–Crippen LogP) is 13.5. The van der Waals surface area contributed by atoms with Gasteiger partial charge in [0.25, 0.3) is 0 Å². The maximum absolute atomic E-state index is 4.22. The normalized spacial score (nSPS) is 12.8. The van der Waals surface area contributed by atoms with Crippen LogP contribution in [0.25, 0.3) is 76.5 Å². The van der Waals surface area contributed by atoms with E-state index in [1.54, 1.807) is 0 Å². The van der Waals surface area contributed by atoms with Crippen LogP contribution in [-0.4, -0.2) is 9.13 Å². The highest BCUT2D eigenvalue weighted by molar-refractivity contribution is 9.10. The molecule has 0 aliphatic carbocycles. The average molecular weight is 700 g/mol. The first-order valence-corrected chi connectivity index (χ1v) is 18.0. The van der Waals surface area contributed by atoms with Gasteiger partial charge in [-0.2, -0.15) is 0 Å². The third-order valence-corrected chi connectivity index (χ3v) is 11.2. The van der Waals surface area contributed by atoms with E-state index in [-0.39, 0.29) is 10.8 Å². The number of fused-ring (bicyclic) bond motifs is 8. The van der Waals surface area contributed by atoms with Crippen molar-refractivity contribution in [3.63, 3.8) is 0 Å². The van der Waals surface area contributed by atoms with Crippen LogP contribution in [0.3, 0.4) is 0 Å². The standard InChI is InChI=1S/C46H39BrN2/c1-45(2,3)32-18-20-38-36(26-32)34-22-28-12-7-9-14-30(28)24-42(34)48(38)40-16-11-17-41(44(40)47)49-39-21-19-33(46(4,5)6)27-37(39)35-23-29-13-8-10-15-31(29)25-43(35)49/h7-27H,1-6H3. The number of nitrogens with zero attached hydrogens (tertiary/aromatic N) is 2. The Morgan fingerprint density at radius 1 is 0.388 bits per heavy atom. The minimum atomic E-state index is 0.0491. The minimum Gasteiger partial charge on any atom is -0.308 e. The van der Waals surface area contributed by atoms with E-state index in [4.69, 9.17) is 0 Å². The smallest absolute Gasteiger partial charge is 0.0656 e.